The maximum absolute atomic E-state index is 12.6. The van der Waals surface area contributed by atoms with Crippen LogP contribution in [0.3, 0.4) is 0 Å². The highest BCUT2D eigenvalue weighted by Crippen LogP contribution is 2.68. The molecule has 172 valence electrons. The SMILES string of the molecule is C[C@H]1[C@H]2CCC3[C@@H]4CC=C5C[C@@H](OC(=O)c6ccccc6)CC[C@]5(C)[C@H]4CC[C@@]32CN1C. The second kappa shape index (κ2) is 7.45. The smallest absolute Gasteiger partial charge is 0.338 e. The second-order valence-electron chi connectivity index (χ2n) is 12.0. The van der Waals surface area contributed by atoms with E-state index in [1.54, 1.807) is 5.57 Å². The first-order chi connectivity index (χ1) is 15.4. The van der Waals surface area contributed by atoms with Gasteiger partial charge in [0, 0.05) is 19.0 Å². The highest BCUT2D eigenvalue weighted by molar-refractivity contribution is 5.89. The van der Waals surface area contributed by atoms with Gasteiger partial charge in [-0.3, -0.25) is 0 Å². The monoisotopic (exact) mass is 433 g/mol. The Labute approximate surface area is 193 Å². The van der Waals surface area contributed by atoms with E-state index in [4.69, 9.17) is 4.74 Å². The predicted octanol–water partition coefficient (Wildman–Crippen LogP) is 6.11. The number of benzene rings is 1. The maximum atomic E-state index is 12.6. The van der Waals surface area contributed by atoms with E-state index < -0.39 is 0 Å². The number of carbonyl (C=O) groups is 1. The molecule has 1 aliphatic heterocycles. The fraction of sp³-hybridized carbons (Fsp3) is 0.690. The van der Waals surface area contributed by atoms with Crippen LogP contribution in [-0.4, -0.2) is 36.6 Å². The van der Waals surface area contributed by atoms with Gasteiger partial charge in [-0.15, -0.1) is 0 Å². The number of hydrogen-bond donors (Lipinski definition) is 0. The lowest BCUT2D eigenvalue weighted by molar-refractivity contribution is -0.0507. The Bertz CT molecular complexity index is 924. The molecule has 0 N–H and O–H groups in total. The minimum absolute atomic E-state index is 0.0358. The van der Waals surface area contributed by atoms with Gasteiger partial charge in [0.1, 0.15) is 6.10 Å². The summed E-state index contributed by atoms with van der Waals surface area (Å²) in [5.41, 5.74) is 3.18. The predicted molar refractivity (Wildman–Crippen MR) is 127 cm³/mol. The van der Waals surface area contributed by atoms with Crippen LogP contribution in [0.25, 0.3) is 0 Å². The quantitative estimate of drug-likeness (QED) is 0.417. The Morgan fingerprint density at radius 2 is 1.81 bits per heavy atom. The molecule has 1 aromatic carbocycles. The Kier molecular flexibility index (Phi) is 4.88. The molecule has 3 nitrogen and oxygen atoms in total. The van der Waals surface area contributed by atoms with Crippen LogP contribution < -0.4 is 0 Å². The molecule has 0 bridgehead atoms. The van der Waals surface area contributed by atoms with E-state index in [-0.39, 0.29) is 12.1 Å². The van der Waals surface area contributed by atoms with Crippen molar-refractivity contribution >= 4 is 5.97 Å². The van der Waals surface area contributed by atoms with Crippen molar-refractivity contribution in [2.75, 3.05) is 13.6 Å². The lowest BCUT2D eigenvalue weighted by atomic mass is 9.47. The number of likely N-dealkylation sites (tertiary alicyclic amines) is 1. The van der Waals surface area contributed by atoms with E-state index in [1.807, 2.05) is 30.3 Å². The van der Waals surface area contributed by atoms with Crippen molar-refractivity contribution in [2.24, 2.45) is 34.5 Å². The van der Waals surface area contributed by atoms with Crippen molar-refractivity contribution in [1.82, 2.24) is 4.90 Å². The molecule has 32 heavy (non-hydrogen) atoms. The van der Waals surface area contributed by atoms with Crippen LogP contribution in [0.4, 0.5) is 0 Å². The molecule has 4 fully saturated rings. The summed E-state index contributed by atoms with van der Waals surface area (Å²) in [5, 5.41) is 0. The second-order valence-corrected chi connectivity index (χ2v) is 12.0. The van der Waals surface area contributed by atoms with Crippen molar-refractivity contribution in [3.05, 3.63) is 47.5 Å². The molecule has 1 unspecified atom stereocenters. The third-order valence-corrected chi connectivity index (χ3v) is 10.9. The normalized spacial score (nSPS) is 45.3. The number of allylic oxidation sites excluding steroid dienone is 1. The van der Waals surface area contributed by atoms with E-state index in [0.717, 1.165) is 42.6 Å². The topological polar surface area (TPSA) is 29.5 Å². The first kappa shape index (κ1) is 21.0. The molecule has 1 spiro atoms. The highest BCUT2D eigenvalue weighted by atomic mass is 16.5. The molecule has 1 heterocycles. The van der Waals surface area contributed by atoms with Crippen LogP contribution in [0.2, 0.25) is 0 Å². The summed E-state index contributed by atoms with van der Waals surface area (Å²) in [6.07, 6.45) is 12.8. The fourth-order valence-electron chi connectivity index (χ4n) is 9.32. The Morgan fingerprint density at radius 3 is 2.62 bits per heavy atom. The van der Waals surface area contributed by atoms with E-state index in [1.165, 1.54) is 45.1 Å². The summed E-state index contributed by atoms with van der Waals surface area (Å²) < 4.78 is 5.97. The number of ether oxygens (including phenoxy) is 1. The molecule has 6 rings (SSSR count). The summed E-state index contributed by atoms with van der Waals surface area (Å²) in [6, 6.07) is 10.2. The molecule has 4 aliphatic carbocycles. The van der Waals surface area contributed by atoms with Crippen LogP contribution >= 0.6 is 0 Å². The van der Waals surface area contributed by atoms with Crippen molar-refractivity contribution in [3.63, 3.8) is 0 Å². The zero-order chi connectivity index (χ0) is 22.1. The third-order valence-electron chi connectivity index (χ3n) is 10.9. The van der Waals surface area contributed by atoms with Crippen LogP contribution in [0.15, 0.2) is 42.0 Å². The minimum Gasteiger partial charge on any atom is -0.458 e. The largest absolute Gasteiger partial charge is 0.458 e. The third kappa shape index (κ3) is 2.92. The summed E-state index contributed by atoms with van der Waals surface area (Å²) in [5.74, 6) is 3.37. The molecule has 1 saturated heterocycles. The molecule has 8 atom stereocenters. The van der Waals surface area contributed by atoms with Crippen LogP contribution in [-0.2, 0) is 4.74 Å². The van der Waals surface area contributed by atoms with Crippen molar-refractivity contribution < 1.29 is 9.53 Å². The van der Waals surface area contributed by atoms with Crippen LogP contribution in [0.1, 0.15) is 75.6 Å². The van der Waals surface area contributed by atoms with Crippen molar-refractivity contribution in [1.29, 1.82) is 0 Å². The lowest BCUT2D eigenvalue weighted by Crippen LogP contribution is -2.51. The number of hydrogen-bond acceptors (Lipinski definition) is 3. The molecule has 3 saturated carbocycles. The molecule has 3 heteroatoms. The van der Waals surface area contributed by atoms with Gasteiger partial charge in [-0.25, -0.2) is 4.79 Å². The van der Waals surface area contributed by atoms with Gasteiger partial charge in [-0.05, 0) is 106 Å². The number of carbonyl (C=O) groups excluding carboxylic acids is 1. The molecule has 0 amide bonds. The van der Waals surface area contributed by atoms with Gasteiger partial charge in [0.2, 0.25) is 0 Å². The van der Waals surface area contributed by atoms with Gasteiger partial charge in [-0.2, -0.15) is 0 Å². The molecular formula is C29H39NO2. The molecular weight excluding hydrogens is 394 g/mol. The summed E-state index contributed by atoms with van der Waals surface area (Å²) in [4.78, 5) is 15.3. The van der Waals surface area contributed by atoms with Crippen molar-refractivity contribution in [3.8, 4) is 0 Å². The fourth-order valence-corrected chi connectivity index (χ4v) is 9.32. The van der Waals surface area contributed by atoms with E-state index in [2.05, 4.69) is 31.9 Å². The average Bonchev–Trinajstić information content (AvgIpc) is 3.28. The lowest BCUT2D eigenvalue weighted by Gasteiger charge is -2.58. The Balaban J connectivity index is 1.20. The van der Waals surface area contributed by atoms with E-state index in [9.17, 15) is 4.79 Å². The highest BCUT2D eigenvalue weighted by Gasteiger charge is 2.64. The standard InChI is InChI=1S/C29H39NO2/c1-19-24-11-12-26-23-10-9-21-17-22(32-27(31)20-7-5-4-6-8-20)13-15-28(21,2)25(23)14-16-29(24,26)18-30(19)3/h4-9,19,22-26H,10-18H2,1-3H3/t19-,22-,23+,24+,25-,26?,28-,29-/m0/s1. The number of nitrogens with zero attached hydrogens (tertiary/aromatic N) is 1. The number of fused-ring (bicyclic) bond motifs is 4. The maximum Gasteiger partial charge on any atom is 0.338 e. The van der Waals surface area contributed by atoms with Crippen LogP contribution in [0, 0.1) is 34.5 Å². The first-order valence-electron chi connectivity index (χ1n) is 13.1. The zero-order valence-electron chi connectivity index (χ0n) is 20.1. The van der Waals surface area contributed by atoms with Gasteiger partial charge < -0.3 is 9.64 Å². The van der Waals surface area contributed by atoms with Gasteiger partial charge in [0.15, 0.2) is 0 Å². The minimum atomic E-state index is -0.162. The Hall–Kier alpha value is -1.61. The van der Waals surface area contributed by atoms with Gasteiger partial charge in [0.25, 0.3) is 0 Å². The van der Waals surface area contributed by atoms with Gasteiger partial charge in [-0.1, -0.05) is 36.8 Å². The molecule has 5 aliphatic rings. The first-order valence-corrected chi connectivity index (χ1v) is 13.1. The van der Waals surface area contributed by atoms with Gasteiger partial charge in [0.05, 0.1) is 5.56 Å². The van der Waals surface area contributed by atoms with Crippen LogP contribution in [0.5, 0.6) is 0 Å². The Morgan fingerprint density at radius 1 is 1.03 bits per heavy atom. The van der Waals surface area contributed by atoms with E-state index in [0.29, 0.717) is 16.4 Å². The van der Waals surface area contributed by atoms with E-state index >= 15 is 0 Å². The molecule has 0 aromatic heterocycles. The van der Waals surface area contributed by atoms with Gasteiger partial charge >= 0.3 is 5.97 Å². The summed E-state index contributed by atoms with van der Waals surface area (Å²) in [7, 11) is 2.36. The molecule has 0 radical (unpaired) electrons. The summed E-state index contributed by atoms with van der Waals surface area (Å²) >= 11 is 0. The number of esters is 1. The zero-order valence-corrected chi connectivity index (χ0v) is 20.1. The molecule has 1 aromatic rings. The summed E-state index contributed by atoms with van der Waals surface area (Å²) in [6.45, 7) is 6.36. The average molecular weight is 434 g/mol. The van der Waals surface area contributed by atoms with Crippen molar-refractivity contribution in [2.45, 2.75) is 77.4 Å². The number of rotatable bonds is 2.